The summed E-state index contributed by atoms with van der Waals surface area (Å²) < 4.78 is 12.9. The maximum absolute atomic E-state index is 12.8. The Hall–Kier alpha value is -1.82. The predicted octanol–water partition coefficient (Wildman–Crippen LogP) is 1.88. The zero-order chi connectivity index (χ0) is 16.9. The highest BCUT2D eigenvalue weighted by molar-refractivity contribution is 5.98. The van der Waals surface area contributed by atoms with E-state index in [1.807, 2.05) is 6.92 Å². The largest absolute Gasteiger partial charge is 0.493 e. The van der Waals surface area contributed by atoms with Crippen LogP contribution < -0.4 is 15.6 Å². The molecule has 1 amide bonds. The molecule has 1 atom stereocenters. The van der Waals surface area contributed by atoms with Gasteiger partial charge in [0.1, 0.15) is 11.3 Å². The van der Waals surface area contributed by atoms with Crippen molar-refractivity contribution < 1.29 is 14.3 Å². The van der Waals surface area contributed by atoms with E-state index in [0.29, 0.717) is 31.0 Å². The fraction of sp³-hybridized carbons (Fsp3) is 0.667. The summed E-state index contributed by atoms with van der Waals surface area (Å²) in [5.41, 5.74) is 1.26. The fourth-order valence-corrected chi connectivity index (χ4v) is 3.53. The lowest BCUT2D eigenvalue weighted by molar-refractivity contribution is 0.0853. The van der Waals surface area contributed by atoms with Gasteiger partial charge in [0.05, 0.1) is 12.7 Å². The molecule has 132 valence electrons. The van der Waals surface area contributed by atoms with Gasteiger partial charge in [0.15, 0.2) is 0 Å². The Kier molecular flexibility index (Phi) is 5.56. The number of carbonyl (C=O) groups is 1. The van der Waals surface area contributed by atoms with Crippen molar-refractivity contribution in [1.29, 1.82) is 0 Å². The number of pyridine rings is 1. The number of aromatic nitrogens is 1. The molecular formula is C18H26N2O4. The number of ether oxygens (including phenoxy) is 2. The van der Waals surface area contributed by atoms with Crippen LogP contribution in [0.2, 0.25) is 0 Å². The van der Waals surface area contributed by atoms with Crippen molar-refractivity contribution in [3.05, 3.63) is 27.7 Å². The molecule has 3 heterocycles. The molecule has 0 aliphatic carbocycles. The van der Waals surface area contributed by atoms with Crippen LogP contribution in [0, 0.1) is 0 Å². The molecule has 6 heteroatoms. The van der Waals surface area contributed by atoms with E-state index in [1.165, 1.54) is 6.07 Å². The first-order valence-corrected chi connectivity index (χ1v) is 9.00. The fourth-order valence-electron chi connectivity index (χ4n) is 3.53. The van der Waals surface area contributed by atoms with Crippen LogP contribution in [-0.4, -0.2) is 36.3 Å². The van der Waals surface area contributed by atoms with Crippen molar-refractivity contribution in [3.8, 4) is 5.75 Å². The first-order chi connectivity index (χ1) is 11.7. The van der Waals surface area contributed by atoms with Crippen LogP contribution in [-0.2, 0) is 17.7 Å². The third-order valence-electron chi connectivity index (χ3n) is 4.72. The van der Waals surface area contributed by atoms with Crippen molar-refractivity contribution in [2.75, 3.05) is 19.8 Å². The topological polar surface area (TPSA) is 69.6 Å². The normalized spacial score (nSPS) is 20.3. The van der Waals surface area contributed by atoms with Crippen LogP contribution in [0.1, 0.15) is 55.1 Å². The van der Waals surface area contributed by atoms with Crippen LogP contribution >= 0.6 is 0 Å². The van der Waals surface area contributed by atoms with E-state index in [9.17, 15) is 9.59 Å². The zero-order valence-corrected chi connectivity index (χ0v) is 14.3. The van der Waals surface area contributed by atoms with Gasteiger partial charge in [-0.3, -0.25) is 9.59 Å². The number of hydrogen-bond acceptors (Lipinski definition) is 4. The summed E-state index contributed by atoms with van der Waals surface area (Å²) in [5, 5.41) is 2.97. The van der Waals surface area contributed by atoms with Gasteiger partial charge in [-0.2, -0.15) is 0 Å². The molecule has 1 fully saturated rings. The second-order valence-electron chi connectivity index (χ2n) is 6.41. The summed E-state index contributed by atoms with van der Waals surface area (Å²) in [5.74, 6) is 0.236. The molecule has 1 saturated heterocycles. The van der Waals surface area contributed by atoms with Gasteiger partial charge in [-0.15, -0.1) is 0 Å². The highest BCUT2D eigenvalue weighted by Crippen LogP contribution is 2.25. The van der Waals surface area contributed by atoms with Crippen LogP contribution in [0.15, 0.2) is 10.9 Å². The monoisotopic (exact) mass is 334 g/mol. The average Bonchev–Trinajstić information content (AvgIpc) is 2.96. The second kappa shape index (κ2) is 7.83. The highest BCUT2D eigenvalue weighted by Gasteiger charge is 2.25. The first-order valence-electron chi connectivity index (χ1n) is 9.00. The number of nitrogens with zero attached hydrogens (tertiary/aromatic N) is 1. The van der Waals surface area contributed by atoms with E-state index in [4.69, 9.17) is 9.47 Å². The van der Waals surface area contributed by atoms with Crippen molar-refractivity contribution >= 4 is 5.91 Å². The summed E-state index contributed by atoms with van der Waals surface area (Å²) in [4.78, 5) is 25.2. The molecule has 2 aliphatic rings. The summed E-state index contributed by atoms with van der Waals surface area (Å²) in [6.45, 7) is 4.22. The minimum atomic E-state index is -0.167. The number of rotatable bonds is 5. The maximum atomic E-state index is 12.8. The van der Waals surface area contributed by atoms with Crippen molar-refractivity contribution in [2.45, 2.75) is 58.1 Å². The Morgan fingerprint density at radius 3 is 3.00 bits per heavy atom. The average molecular weight is 334 g/mol. The van der Waals surface area contributed by atoms with Crippen molar-refractivity contribution in [3.63, 3.8) is 0 Å². The molecule has 0 radical (unpaired) electrons. The van der Waals surface area contributed by atoms with Crippen molar-refractivity contribution in [2.24, 2.45) is 0 Å². The van der Waals surface area contributed by atoms with Crippen LogP contribution in [0.25, 0.3) is 0 Å². The van der Waals surface area contributed by atoms with E-state index in [-0.39, 0.29) is 17.6 Å². The molecule has 1 aromatic rings. The third-order valence-corrected chi connectivity index (χ3v) is 4.72. The Bertz CT molecular complexity index is 647. The lowest BCUT2D eigenvalue weighted by Crippen LogP contribution is -2.35. The van der Waals surface area contributed by atoms with Gasteiger partial charge in [0, 0.05) is 31.5 Å². The number of fused-ring (bicyclic) bond motifs is 1. The molecule has 0 aromatic carbocycles. The smallest absolute Gasteiger partial charge is 0.256 e. The van der Waals surface area contributed by atoms with Crippen LogP contribution in [0.5, 0.6) is 5.75 Å². The van der Waals surface area contributed by atoms with Gasteiger partial charge in [0.25, 0.3) is 11.5 Å². The SMILES string of the molecule is CCOc1cc(=O)n2c(c1C(=O)NCC1CCCO1)CCCCC2. The lowest BCUT2D eigenvalue weighted by atomic mass is 10.1. The zero-order valence-electron chi connectivity index (χ0n) is 14.3. The maximum Gasteiger partial charge on any atom is 0.256 e. The predicted molar refractivity (Wildman–Crippen MR) is 90.7 cm³/mol. The number of nitrogens with one attached hydrogen (secondary N) is 1. The number of hydrogen-bond donors (Lipinski definition) is 1. The molecule has 2 aliphatic heterocycles. The molecule has 0 bridgehead atoms. The van der Waals surface area contributed by atoms with Crippen molar-refractivity contribution in [1.82, 2.24) is 9.88 Å². The molecule has 0 saturated carbocycles. The van der Waals surface area contributed by atoms with Gasteiger partial charge in [-0.25, -0.2) is 0 Å². The molecular weight excluding hydrogens is 308 g/mol. The van der Waals surface area contributed by atoms with Gasteiger partial charge in [0.2, 0.25) is 0 Å². The molecule has 1 N–H and O–H groups in total. The molecule has 0 spiro atoms. The van der Waals surface area contributed by atoms with E-state index in [0.717, 1.165) is 50.8 Å². The highest BCUT2D eigenvalue weighted by atomic mass is 16.5. The molecule has 1 unspecified atom stereocenters. The van der Waals surface area contributed by atoms with Gasteiger partial charge in [-0.05, 0) is 39.0 Å². The van der Waals surface area contributed by atoms with E-state index >= 15 is 0 Å². The minimum absolute atomic E-state index is 0.0778. The number of amides is 1. The van der Waals surface area contributed by atoms with E-state index < -0.39 is 0 Å². The Morgan fingerprint density at radius 1 is 1.38 bits per heavy atom. The summed E-state index contributed by atoms with van der Waals surface area (Å²) in [6.07, 6.45) is 5.88. The Morgan fingerprint density at radius 2 is 2.25 bits per heavy atom. The summed E-state index contributed by atoms with van der Waals surface area (Å²) in [6, 6.07) is 1.46. The lowest BCUT2D eigenvalue weighted by Gasteiger charge is -2.19. The summed E-state index contributed by atoms with van der Waals surface area (Å²) in [7, 11) is 0. The standard InChI is InChI=1S/C18H26N2O4/c1-2-23-15-11-16(21)20-9-5-3-4-8-14(20)17(15)18(22)19-12-13-7-6-10-24-13/h11,13H,2-10,12H2,1H3,(H,19,22). The molecule has 3 rings (SSSR count). The van der Waals surface area contributed by atoms with Crippen LogP contribution in [0.3, 0.4) is 0 Å². The second-order valence-corrected chi connectivity index (χ2v) is 6.41. The first kappa shape index (κ1) is 17.0. The molecule has 24 heavy (non-hydrogen) atoms. The summed E-state index contributed by atoms with van der Waals surface area (Å²) >= 11 is 0. The minimum Gasteiger partial charge on any atom is -0.493 e. The van der Waals surface area contributed by atoms with E-state index in [2.05, 4.69) is 5.32 Å². The quantitative estimate of drug-likeness (QED) is 0.893. The number of carbonyl (C=O) groups excluding carboxylic acids is 1. The molecule has 6 nitrogen and oxygen atoms in total. The van der Waals surface area contributed by atoms with Gasteiger partial charge < -0.3 is 19.4 Å². The van der Waals surface area contributed by atoms with Crippen LogP contribution in [0.4, 0.5) is 0 Å². The van der Waals surface area contributed by atoms with Gasteiger partial charge >= 0.3 is 0 Å². The van der Waals surface area contributed by atoms with E-state index in [1.54, 1.807) is 4.57 Å². The Balaban J connectivity index is 1.90. The molecule has 1 aromatic heterocycles. The third kappa shape index (κ3) is 3.64. The Labute approximate surface area is 142 Å². The van der Waals surface area contributed by atoms with Gasteiger partial charge in [-0.1, -0.05) is 6.42 Å².